The molecule has 0 saturated carbocycles. The highest BCUT2D eigenvalue weighted by Gasteiger charge is 2.17. The van der Waals surface area contributed by atoms with Crippen molar-refractivity contribution in [3.63, 3.8) is 0 Å². The number of carbonyl (C=O) groups is 2. The van der Waals surface area contributed by atoms with Crippen LogP contribution in [0.5, 0.6) is 0 Å². The minimum atomic E-state index is -0.571. The molecule has 0 heterocycles. The van der Waals surface area contributed by atoms with Crippen LogP contribution in [0.1, 0.15) is 20.3 Å². The van der Waals surface area contributed by atoms with Crippen LogP contribution in [0.4, 0.5) is 0 Å². The molecule has 1 atom stereocenters. The third kappa shape index (κ3) is 5.00. The first kappa shape index (κ1) is 11.7. The molecule has 4 nitrogen and oxygen atoms in total. The molecule has 13 heavy (non-hydrogen) atoms. The third-order valence-corrected chi connectivity index (χ3v) is 1.47. The smallest absolute Gasteiger partial charge is 0.328 e. The van der Waals surface area contributed by atoms with E-state index in [4.69, 9.17) is 0 Å². The number of nitrogens with one attached hydrogen (secondary N) is 1. The fourth-order valence-corrected chi connectivity index (χ4v) is 0.874. The zero-order chi connectivity index (χ0) is 10.3. The summed E-state index contributed by atoms with van der Waals surface area (Å²) in [7, 11) is 1.30. The number of ether oxygens (including phenoxy) is 1. The van der Waals surface area contributed by atoms with Crippen LogP contribution in [0.2, 0.25) is 0 Å². The van der Waals surface area contributed by atoms with Crippen LogP contribution in [0.25, 0.3) is 0 Å². The maximum absolute atomic E-state index is 11.1. The topological polar surface area (TPSA) is 55.4 Å². The van der Waals surface area contributed by atoms with E-state index >= 15 is 0 Å². The van der Waals surface area contributed by atoms with Crippen LogP contribution < -0.4 is 5.32 Å². The van der Waals surface area contributed by atoms with Gasteiger partial charge in [0.25, 0.3) is 0 Å². The molecule has 0 aromatic carbocycles. The molecule has 0 fully saturated rings. The molecule has 0 rings (SSSR count). The highest BCUT2D eigenvalue weighted by Crippen LogP contribution is 1.96. The van der Waals surface area contributed by atoms with Gasteiger partial charge in [-0.2, -0.15) is 0 Å². The summed E-state index contributed by atoms with van der Waals surface area (Å²) in [6, 6.07) is -0.571. The van der Waals surface area contributed by atoms with E-state index in [0.717, 1.165) is 0 Å². The molecule has 0 bridgehead atoms. The molecule has 0 aliphatic rings. The normalized spacial score (nSPS) is 12.5. The van der Waals surface area contributed by atoms with E-state index in [0.29, 0.717) is 6.42 Å². The lowest BCUT2D eigenvalue weighted by molar-refractivity contribution is -0.144. The van der Waals surface area contributed by atoms with E-state index in [9.17, 15) is 9.59 Å². The van der Waals surface area contributed by atoms with Crippen LogP contribution in [-0.4, -0.2) is 25.0 Å². The summed E-state index contributed by atoms with van der Waals surface area (Å²) >= 11 is 0. The largest absolute Gasteiger partial charge is 0.467 e. The molecule has 0 aliphatic carbocycles. The van der Waals surface area contributed by atoms with E-state index in [1.54, 1.807) is 6.08 Å². The molecule has 0 spiro atoms. The van der Waals surface area contributed by atoms with Crippen molar-refractivity contribution in [1.29, 1.82) is 0 Å². The van der Waals surface area contributed by atoms with Gasteiger partial charge in [-0.3, -0.25) is 4.79 Å². The first-order valence-electron chi connectivity index (χ1n) is 4.08. The fraction of sp³-hybridized carbons (Fsp3) is 0.556. The van der Waals surface area contributed by atoms with Crippen molar-refractivity contribution in [2.24, 2.45) is 0 Å². The monoisotopic (exact) mass is 185 g/mol. The van der Waals surface area contributed by atoms with Gasteiger partial charge in [-0.05, 0) is 13.3 Å². The summed E-state index contributed by atoms with van der Waals surface area (Å²) in [6.07, 6.45) is 4.08. The summed E-state index contributed by atoms with van der Waals surface area (Å²) in [5, 5.41) is 2.50. The summed E-state index contributed by atoms with van der Waals surface area (Å²) in [5.74, 6) is -0.659. The van der Waals surface area contributed by atoms with Crippen molar-refractivity contribution in [3.8, 4) is 0 Å². The zero-order valence-electron chi connectivity index (χ0n) is 8.16. The van der Waals surface area contributed by atoms with Crippen molar-refractivity contribution in [1.82, 2.24) is 5.32 Å². The maximum atomic E-state index is 11.1. The summed E-state index contributed by atoms with van der Waals surface area (Å²) in [5.41, 5.74) is 0. The molecule has 74 valence electrons. The number of esters is 1. The van der Waals surface area contributed by atoms with Gasteiger partial charge in [0.1, 0.15) is 6.04 Å². The highest BCUT2D eigenvalue weighted by atomic mass is 16.5. The first-order valence-corrected chi connectivity index (χ1v) is 4.08. The molecule has 0 aromatic heterocycles. The van der Waals surface area contributed by atoms with Gasteiger partial charge in [0, 0.05) is 6.92 Å². The second kappa shape index (κ2) is 6.22. The number of hydrogen-bond donors (Lipinski definition) is 1. The van der Waals surface area contributed by atoms with E-state index in [2.05, 4.69) is 10.1 Å². The Labute approximate surface area is 78.0 Å². The number of rotatable bonds is 4. The van der Waals surface area contributed by atoms with E-state index in [1.807, 2.05) is 13.0 Å². The number of carbonyl (C=O) groups excluding carboxylic acids is 2. The average Bonchev–Trinajstić information content (AvgIpc) is 2.10. The molecule has 4 heteroatoms. The van der Waals surface area contributed by atoms with Gasteiger partial charge in [-0.25, -0.2) is 4.79 Å². The van der Waals surface area contributed by atoms with Crippen molar-refractivity contribution >= 4 is 11.9 Å². The summed E-state index contributed by atoms with van der Waals surface area (Å²) < 4.78 is 4.52. The van der Waals surface area contributed by atoms with Crippen LogP contribution in [-0.2, 0) is 14.3 Å². The minimum absolute atomic E-state index is 0.236. The Kier molecular flexibility index (Phi) is 5.59. The van der Waals surface area contributed by atoms with E-state index in [1.165, 1.54) is 14.0 Å². The Morgan fingerprint density at radius 2 is 2.15 bits per heavy atom. The van der Waals surface area contributed by atoms with Gasteiger partial charge in [0.2, 0.25) is 5.91 Å². The predicted molar refractivity (Wildman–Crippen MR) is 49.1 cm³/mol. The zero-order valence-corrected chi connectivity index (χ0v) is 8.16. The van der Waals surface area contributed by atoms with Gasteiger partial charge in [0.15, 0.2) is 0 Å². The molecule has 0 aromatic rings. The van der Waals surface area contributed by atoms with E-state index in [-0.39, 0.29) is 5.91 Å². The second-order valence-corrected chi connectivity index (χ2v) is 2.58. The second-order valence-electron chi connectivity index (χ2n) is 2.58. The van der Waals surface area contributed by atoms with Crippen LogP contribution in [0.3, 0.4) is 0 Å². The Balaban J connectivity index is 4.18. The lowest BCUT2D eigenvalue weighted by Gasteiger charge is -2.12. The molecular weight excluding hydrogens is 170 g/mol. The highest BCUT2D eigenvalue weighted by molar-refractivity contribution is 5.83. The SMILES string of the molecule is CC=CC[C@H](NC(C)=O)C(=O)OC. The van der Waals surface area contributed by atoms with Gasteiger partial charge in [-0.1, -0.05) is 12.2 Å². The molecule has 0 unspecified atom stereocenters. The number of allylic oxidation sites excluding steroid dienone is 1. The van der Waals surface area contributed by atoms with Crippen LogP contribution >= 0.6 is 0 Å². The Bertz CT molecular complexity index is 211. The number of amides is 1. The average molecular weight is 185 g/mol. The molecule has 1 N–H and O–H groups in total. The fourth-order valence-electron chi connectivity index (χ4n) is 0.874. The van der Waals surface area contributed by atoms with Gasteiger partial charge >= 0.3 is 5.97 Å². The third-order valence-electron chi connectivity index (χ3n) is 1.47. The Hall–Kier alpha value is -1.32. The minimum Gasteiger partial charge on any atom is -0.467 e. The lowest BCUT2D eigenvalue weighted by atomic mass is 10.2. The van der Waals surface area contributed by atoms with E-state index < -0.39 is 12.0 Å². The van der Waals surface area contributed by atoms with Crippen molar-refractivity contribution in [2.75, 3.05) is 7.11 Å². The summed E-state index contributed by atoms with van der Waals surface area (Å²) in [4.78, 5) is 21.8. The molecular formula is C9H15NO3. The Morgan fingerprint density at radius 3 is 2.54 bits per heavy atom. The first-order chi connectivity index (χ1) is 6.11. The molecule has 0 aliphatic heterocycles. The van der Waals surface area contributed by atoms with Crippen LogP contribution in [0.15, 0.2) is 12.2 Å². The molecule has 0 saturated heterocycles. The van der Waals surface area contributed by atoms with Gasteiger partial charge < -0.3 is 10.1 Å². The van der Waals surface area contributed by atoms with Gasteiger partial charge in [0.05, 0.1) is 7.11 Å². The van der Waals surface area contributed by atoms with Crippen molar-refractivity contribution < 1.29 is 14.3 Å². The van der Waals surface area contributed by atoms with Crippen molar-refractivity contribution in [2.45, 2.75) is 26.3 Å². The van der Waals surface area contributed by atoms with Crippen molar-refractivity contribution in [3.05, 3.63) is 12.2 Å². The molecule has 0 radical (unpaired) electrons. The number of hydrogen-bond acceptors (Lipinski definition) is 3. The maximum Gasteiger partial charge on any atom is 0.328 e. The number of methoxy groups -OCH3 is 1. The van der Waals surface area contributed by atoms with Gasteiger partial charge in [-0.15, -0.1) is 0 Å². The Morgan fingerprint density at radius 1 is 1.54 bits per heavy atom. The predicted octanol–water partition coefficient (Wildman–Crippen LogP) is 0.630. The lowest BCUT2D eigenvalue weighted by Crippen LogP contribution is -2.39. The molecule has 1 amide bonds. The standard InChI is InChI=1S/C9H15NO3/c1-4-5-6-8(9(12)13-3)10-7(2)11/h4-5,8H,6H2,1-3H3,(H,10,11)/t8-/m0/s1. The summed E-state index contributed by atoms with van der Waals surface area (Å²) in [6.45, 7) is 3.22. The quantitative estimate of drug-likeness (QED) is 0.516. The van der Waals surface area contributed by atoms with Crippen LogP contribution in [0, 0.1) is 0 Å².